The van der Waals surface area contributed by atoms with Crippen LogP contribution in [0.15, 0.2) is 60.9 Å². The van der Waals surface area contributed by atoms with Gasteiger partial charge in [0.1, 0.15) is 23.3 Å². The highest BCUT2D eigenvalue weighted by Gasteiger charge is 2.35. The predicted octanol–water partition coefficient (Wildman–Crippen LogP) is 6.76. The lowest BCUT2D eigenvalue weighted by Gasteiger charge is -2.27. The summed E-state index contributed by atoms with van der Waals surface area (Å²) in [5.74, 6) is 8.04. The number of rotatable bonds is 7. The zero-order chi connectivity index (χ0) is 36.3. The molecular formula is C40H47N7O4. The standard InChI is InChI=1S/C40H47N7O4/c1-25(2)37(48)46-21-7-9-33(46)35-41-23-31(44-35)29-17-13-27(14-18-29)11-12-28-15-19-30(20-16-28)32-24-42-36(45-32)34-10-8-22-47(34)38(49)26(3)43-39(50)51-40(4,5)6/h13-20,23-26,33-34H,7-10,21-22H2,1-6H3,(H,41,44)(H,42,45)(H,43,50)/t26-,33+,34+/m1/s1. The van der Waals surface area contributed by atoms with E-state index in [0.29, 0.717) is 6.54 Å². The molecule has 0 radical (unpaired) electrons. The number of hydrogen-bond donors (Lipinski definition) is 3. The van der Waals surface area contributed by atoms with Crippen LogP contribution in [0.25, 0.3) is 22.5 Å². The molecular weight excluding hydrogens is 642 g/mol. The molecule has 0 saturated carbocycles. The predicted molar refractivity (Wildman–Crippen MR) is 195 cm³/mol. The van der Waals surface area contributed by atoms with Crippen molar-refractivity contribution in [3.8, 4) is 34.4 Å². The second-order valence-electron chi connectivity index (χ2n) is 14.7. The molecule has 3 atom stereocenters. The number of amides is 3. The lowest BCUT2D eigenvalue weighted by Crippen LogP contribution is -2.48. The van der Waals surface area contributed by atoms with E-state index in [4.69, 9.17) is 4.74 Å². The quantitative estimate of drug-likeness (QED) is 0.184. The van der Waals surface area contributed by atoms with Crippen LogP contribution in [0.2, 0.25) is 0 Å². The van der Waals surface area contributed by atoms with Gasteiger partial charge in [0.05, 0.1) is 35.9 Å². The van der Waals surface area contributed by atoms with Crippen molar-refractivity contribution in [2.45, 2.75) is 91.0 Å². The summed E-state index contributed by atoms with van der Waals surface area (Å²) in [6.45, 7) is 12.3. The van der Waals surface area contributed by atoms with Crippen LogP contribution in [-0.2, 0) is 14.3 Å². The summed E-state index contributed by atoms with van der Waals surface area (Å²) < 4.78 is 5.32. The van der Waals surface area contributed by atoms with Gasteiger partial charge < -0.3 is 29.8 Å². The van der Waals surface area contributed by atoms with Crippen LogP contribution >= 0.6 is 0 Å². The Morgan fingerprint density at radius 2 is 1.22 bits per heavy atom. The number of imidazole rings is 2. The lowest BCUT2D eigenvalue weighted by molar-refractivity contribution is -0.135. The largest absolute Gasteiger partial charge is 0.444 e. The molecule has 4 heterocycles. The molecule has 0 aliphatic carbocycles. The molecule has 4 aromatic rings. The molecule has 266 valence electrons. The van der Waals surface area contributed by atoms with Gasteiger partial charge in [-0.3, -0.25) is 9.59 Å². The Bertz CT molecular complexity index is 1930. The number of ether oxygens (including phenoxy) is 1. The van der Waals surface area contributed by atoms with Gasteiger partial charge in [-0.15, -0.1) is 0 Å². The highest BCUT2D eigenvalue weighted by molar-refractivity contribution is 5.86. The molecule has 2 aliphatic heterocycles. The molecule has 11 nitrogen and oxygen atoms in total. The maximum absolute atomic E-state index is 13.3. The molecule has 0 bridgehead atoms. The van der Waals surface area contributed by atoms with E-state index in [2.05, 4.69) is 37.1 Å². The van der Waals surface area contributed by atoms with E-state index in [9.17, 15) is 14.4 Å². The van der Waals surface area contributed by atoms with Gasteiger partial charge in [0.2, 0.25) is 11.8 Å². The zero-order valence-corrected chi connectivity index (χ0v) is 30.2. The number of H-pyrrole nitrogens is 2. The van der Waals surface area contributed by atoms with Crippen molar-refractivity contribution in [3.05, 3.63) is 83.7 Å². The molecule has 2 saturated heterocycles. The van der Waals surface area contributed by atoms with Crippen LogP contribution < -0.4 is 5.32 Å². The third-order valence-electron chi connectivity index (χ3n) is 9.23. The minimum Gasteiger partial charge on any atom is -0.444 e. The van der Waals surface area contributed by atoms with Gasteiger partial charge in [0.15, 0.2) is 0 Å². The molecule has 2 aliphatic rings. The summed E-state index contributed by atoms with van der Waals surface area (Å²) >= 11 is 0. The number of carbonyl (C=O) groups excluding carboxylic acids is 3. The van der Waals surface area contributed by atoms with Crippen molar-refractivity contribution < 1.29 is 19.1 Å². The van der Waals surface area contributed by atoms with E-state index >= 15 is 0 Å². The summed E-state index contributed by atoms with van der Waals surface area (Å²) in [6.07, 6.45) is 6.57. The van der Waals surface area contributed by atoms with Crippen molar-refractivity contribution in [1.29, 1.82) is 0 Å². The van der Waals surface area contributed by atoms with Crippen molar-refractivity contribution >= 4 is 17.9 Å². The fourth-order valence-electron chi connectivity index (χ4n) is 6.67. The summed E-state index contributed by atoms with van der Waals surface area (Å²) in [7, 11) is 0. The average Bonchev–Trinajstić information content (AvgIpc) is 3.92. The Hall–Kier alpha value is -5.37. The smallest absolute Gasteiger partial charge is 0.408 e. The number of nitrogens with zero attached hydrogens (tertiary/aromatic N) is 4. The first-order valence-electron chi connectivity index (χ1n) is 17.8. The number of nitrogens with one attached hydrogen (secondary N) is 3. The maximum atomic E-state index is 13.3. The number of hydrogen-bond acceptors (Lipinski definition) is 6. The Morgan fingerprint density at radius 3 is 1.65 bits per heavy atom. The topological polar surface area (TPSA) is 136 Å². The number of alkyl carbamates (subject to hydrolysis) is 1. The van der Waals surface area contributed by atoms with Gasteiger partial charge in [-0.2, -0.15) is 0 Å². The lowest BCUT2D eigenvalue weighted by atomic mass is 10.1. The molecule has 51 heavy (non-hydrogen) atoms. The van der Waals surface area contributed by atoms with Crippen molar-refractivity contribution in [3.63, 3.8) is 0 Å². The second-order valence-corrected chi connectivity index (χ2v) is 14.7. The molecule has 11 heteroatoms. The highest BCUT2D eigenvalue weighted by Crippen LogP contribution is 2.34. The molecule has 3 N–H and O–H groups in total. The summed E-state index contributed by atoms with van der Waals surface area (Å²) in [5, 5.41) is 2.66. The second kappa shape index (κ2) is 14.9. The van der Waals surface area contributed by atoms with Crippen LogP contribution in [0.3, 0.4) is 0 Å². The van der Waals surface area contributed by atoms with Gasteiger partial charge in [0.25, 0.3) is 0 Å². The fraction of sp³-hybridized carbons (Fsp3) is 0.425. The Labute approximate surface area is 299 Å². The molecule has 6 rings (SSSR count). The van der Waals surface area contributed by atoms with Crippen molar-refractivity contribution in [2.75, 3.05) is 13.1 Å². The van der Waals surface area contributed by atoms with E-state index < -0.39 is 17.7 Å². The Balaban J connectivity index is 1.06. The highest BCUT2D eigenvalue weighted by atomic mass is 16.6. The van der Waals surface area contributed by atoms with Gasteiger partial charge in [0, 0.05) is 30.1 Å². The number of aromatic amines is 2. The van der Waals surface area contributed by atoms with E-state index in [1.807, 2.05) is 73.5 Å². The third-order valence-corrected chi connectivity index (χ3v) is 9.23. The van der Waals surface area contributed by atoms with Crippen LogP contribution in [-0.4, -0.2) is 72.4 Å². The van der Waals surface area contributed by atoms with Crippen LogP contribution in [0.4, 0.5) is 4.79 Å². The first-order chi connectivity index (χ1) is 24.4. The zero-order valence-electron chi connectivity index (χ0n) is 30.2. The molecule has 2 fully saturated rings. The average molecular weight is 690 g/mol. The van der Waals surface area contributed by atoms with Crippen LogP contribution in [0.1, 0.15) is 102 Å². The molecule has 0 unspecified atom stereocenters. The van der Waals surface area contributed by atoms with Gasteiger partial charge >= 0.3 is 6.09 Å². The molecule has 3 amide bonds. The minimum absolute atomic E-state index is 0.000917. The number of carbonyl (C=O) groups is 3. The number of likely N-dealkylation sites (tertiary alicyclic amines) is 2. The van der Waals surface area contributed by atoms with Crippen molar-refractivity contribution in [1.82, 2.24) is 35.1 Å². The van der Waals surface area contributed by atoms with E-state index in [1.54, 1.807) is 38.8 Å². The van der Waals surface area contributed by atoms with E-state index in [0.717, 1.165) is 77.5 Å². The maximum Gasteiger partial charge on any atom is 0.408 e. The summed E-state index contributed by atoms with van der Waals surface area (Å²) in [5.41, 5.74) is 4.89. The van der Waals surface area contributed by atoms with E-state index in [1.165, 1.54) is 0 Å². The normalized spacial score (nSPS) is 18.0. The Kier molecular flexibility index (Phi) is 10.3. The van der Waals surface area contributed by atoms with Gasteiger partial charge in [-0.25, -0.2) is 14.8 Å². The molecule has 2 aromatic carbocycles. The number of aromatic nitrogens is 4. The number of benzene rings is 2. The van der Waals surface area contributed by atoms with Crippen molar-refractivity contribution in [2.24, 2.45) is 5.92 Å². The first kappa shape index (κ1) is 35.5. The third kappa shape index (κ3) is 8.34. The fourth-order valence-corrected chi connectivity index (χ4v) is 6.67. The summed E-state index contributed by atoms with van der Waals surface area (Å²) in [4.78, 5) is 58.0. The van der Waals surface area contributed by atoms with Crippen LogP contribution in [0, 0.1) is 17.8 Å². The minimum atomic E-state index is -0.720. The van der Waals surface area contributed by atoms with Crippen LogP contribution in [0.5, 0.6) is 0 Å². The van der Waals surface area contributed by atoms with E-state index in [-0.39, 0.29) is 29.8 Å². The molecule has 2 aromatic heterocycles. The molecule has 0 spiro atoms. The summed E-state index contributed by atoms with van der Waals surface area (Å²) in [6, 6.07) is 15.1. The van der Waals surface area contributed by atoms with Gasteiger partial charge in [-0.05, 0) is 88.8 Å². The SMILES string of the molecule is CC(C)C(=O)N1CCC[C@H]1c1ncc(-c2ccc(C#Cc3ccc(-c4cnc([C@@H]5CCCN5C(=O)[C@@H](C)NC(=O)OC(C)(C)C)[nH]4)cc3)cc2)[nH]1. The Morgan fingerprint density at radius 1 is 0.765 bits per heavy atom. The van der Waals surface area contributed by atoms with Gasteiger partial charge in [-0.1, -0.05) is 50.0 Å². The monoisotopic (exact) mass is 689 g/mol. The first-order valence-corrected chi connectivity index (χ1v) is 17.8.